The summed E-state index contributed by atoms with van der Waals surface area (Å²) in [6.45, 7) is 4.21. The molecule has 5 nitrogen and oxygen atoms in total. The zero-order chi connectivity index (χ0) is 13.4. The molecule has 0 aliphatic carbocycles. The molecule has 0 saturated carbocycles. The lowest BCUT2D eigenvalue weighted by atomic mass is 10.2. The number of hydrogen-bond acceptors (Lipinski definition) is 6. The fraction of sp³-hybridized carbons (Fsp3) is 0.231. The summed E-state index contributed by atoms with van der Waals surface area (Å²) in [6.07, 6.45) is 0. The molecule has 3 N–H and O–H groups in total. The van der Waals surface area contributed by atoms with E-state index in [9.17, 15) is 0 Å². The molecule has 3 rings (SSSR count). The summed E-state index contributed by atoms with van der Waals surface area (Å²) < 4.78 is 4.76. The van der Waals surface area contributed by atoms with Gasteiger partial charge in [0.15, 0.2) is 11.0 Å². The van der Waals surface area contributed by atoms with E-state index in [2.05, 4.69) is 41.6 Å². The van der Waals surface area contributed by atoms with E-state index in [0.717, 1.165) is 5.69 Å². The van der Waals surface area contributed by atoms with Gasteiger partial charge in [0.2, 0.25) is 0 Å². The van der Waals surface area contributed by atoms with Crippen LogP contribution in [0.15, 0.2) is 28.9 Å². The molecule has 0 spiro atoms. The smallest absolute Gasteiger partial charge is 0.160 e. The zero-order valence-electron chi connectivity index (χ0n) is 10.7. The molecule has 0 saturated heterocycles. The van der Waals surface area contributed by atoms with Crippen molar-refractivity contribution in [3.05, 3.63) is 34.0 Å². The number of nitrogens with zero attached hydrogens (tertiary/aromatic N) is 2. The minimum Gasteiger partial charge on any atom is -0.397 e. The van der Waals surface area contributed by atoms with Gasteiger partial charge in [0.05, 0.1) is 17.4 Å². The average molecular weight is 274 g/mol. The highest BCUT2D eigenvalue weighted by molar-refractivity contribution is 7.12. The molecule has 1 atom stereocenters. The van der Waals surface area contributed by atoms with E-state index in [1.807, 2.05) is 6.07 Å². The van der Waals surface area contributed by atoms with Gasteiger partial charge in [-0.15, -0.1) is 11.3 Å². The molecule has 0 aliphatic rings. The number of nitrogen functional groups attached to an aromatic ring is 1. The first-order valence-electron chi connectivity index (χ1n) is 5.99. The molecule has 2 heterocycles. The SMILES string of the molecule is Cc1ccc(C(C)Nc2ccc(N)c3nonc23)s1. The van der Waals surface area contributed by atoms with Crippen LogP contribution in [0, 0.1) is 6.92 Å². The van der Waals surface area contributed by atoms with Gasteiger partial charge >= 0.3 is 0 Å². The Morgan fingerprint density at radius 1 is 1.21 bits per heavy atom. The highest BCUT2D eigenvalue weighted by Gasteiger charge is 2.13. The van der Waals surface area contributed by atoms with Crippen LogP contribution in [0.1, 0.15) is 22.7 Å². The highest BCUT2D eigenvalue weighted by Crippen LogP contribution is 2.30. The number of thiophene rings is 1. The number of fused-ring (bicyclic) bond motifs is 1. The van der Waals surface area contributed by atoms with E-state index in [-0.39, 0.29) is 6.04 Å². The molecular formula is C13H14N4OS. The van der Waals surface area contributed by atoms with Crippen LogP contribution in [0.4, 0.5) is 11.4 Å². The number of rotatable bonds is 3. The van der Waals surface area contributed by atoms with Gasteiger partial charge < -0.3 is 11.1 Å². The van der Waals surface area contributed by atoms with Gasteiger partial charge in [0, 0.05) is 9.75 Å². The fourth-order valence-electron chi connectivity index (χ4n) is 1.99. The second-order valence-electron chi connectivity index (χ2n) is 4.48. The van der Waals surface area contributed by atoms with Gasteiger partial charge in [-0.05, 0) is 48.4 Å². The lowest BCUT2D eigenvalue weighted by Crippen LogP contribution is -2.05. The Kier molecular flexibility index (Phi) is 2.87. The zero-order valence-corrected chi connectivity index (χ0v) is 11.5. The van der Waals surface area contributed by atoms with Crippen LogP contribution in [0.5, 0.6) is 0 Å². The summed E-state index contributed by atoms with van der Waals surface area (Å²) in [5.74, 6) is 0. The molecule has 0 amide bonds. The van der Waals surface area contributed by atoms with Crippen molar-refractivity contribution in [2.45, 2.75) is 19.9 Å². The first-order valence-corrected chi connectivity index (χ1v) is 6.80. The van der Waals surface area contributed by atoms with Gasteiger partial charge in [-0.25, -0.2) is 4.63 Å². The maximum absolute atomic E-state index is 5.83. The molecule has 0 fully saturated rings. The van der Waals surface area contributed by atoms with E-state index in [1.54, 1.807) is 17.4 Å². The van der Waals surface area contributed by atoms with Crippen LogP contribution >= 0.6 is 11.3 Å². The topological polar surface area (TPSA) is 77.0 Å². The van der Waals surface area contributed by atoms with Gasteiger partial charge in [-0.3, -0.25) is 0 Å². The maximum Gasteiger partial charge on any atom is 0.160 e. The molecule has 98 valence electrons. The van der Waals surface area contributed by atoms with Crippen LogP contribution in [0.3, 0.4) is 0 Å². The largest absolute Gasteiger partial charge is 0.397 e. The summed E-state index contributed by atoms with van der Waals surface area (Å²) in [6, 6.07) is 8.16. The molecule has 1 unspecified atom stereocenters. The number of aromatic nitrogens is 2. The predicted octanol–water partition coefficient (Wildman–Crippen LogP) is 3.35. The normalized spacial score (nSPS) is 12.7. The molecule has 19 heavy (non-hydrogen) atoms. The quantitative estimate of drug-likeness (QED) is 0.716. The first kappa shape index (κ1) is 12.0. The minimum absolute atomic E-state index is 0.197. The monoisotopic (exact) mass is 274 g/mol. The molecular weight excluding hydrogens is 260 g/mol. The lowest BCUT2D eigenvalue weighted by Gasteiger charge is -2.13. The number of aryl methyl sites for hydroxylation is 1. The van der Waals surface area contributed by atoms with E-state index < -0.39 is 0 Å². The van der Waals surface area contributed by atoms with Crippen molar-refractivity contribution >= 4 is 33.7 Å². The first-order chi connectivity index (χ1) is 9.15. The summed E-state index contributed by atoms with van der Waals surface area (Å²) in [7, 11) is 0. The molecule has 0 aliphatic heterocycles. The Morgan fingerprint density at radius 2 is 2.00 bits per heavy atom. The molecule has 2 aromatic heterocycles. The Bertz CT molecular complexity index is 718. The predicted molar refractivity (Wildman–Crippen MR) is 77.3 cm³/mol. The standard InChI is InChI=1S/C13H14N4OS/c1-7-3-6-11(19-7)8(2)15-10-5-4-9(14)12-13(10)17-18-16-12/h3-6,8,15H,14H2,1-2H3. The molecule has 1 aromatic carbocycles. The van der Waals surface area contributed by atoms with Crippen LogP contribution in [-0.4, -0.2) is 10.3 Å². The molecule has 6 heteroatoms. The van der Waals surface area contributed by atoms with Crippen molar-refractivity contribution in [2.24, 2.45) is 0 Å². The second-order valence-corrected chi connectivity index (χ2v) is 5.80. The number of hydrogen-bond donors (Lipinski definition) is 2. The fourth-order valence-corrected chi connectivity index (χ4v) is 2.87. The maximum atomic E-state index is 5.83. The summed E-state index contributed by atoms with van der Waals surface area (Å²) in [4.78, 5) is 2.58. The van der Waals surface area contributed by atoms with Crippen molar-refractivity contribution in [1.82, 2.24) is 10.3 Å². The van der Waals surface area contributed by atoms with Crippen molar-refractivity contribution < 1.29 is 4.63 Å². The Morgan fingerprint density at radius 3 is 2.74 bits per heavy atom. The van der Waals surface area contributed by atoms with Crippen LogP contribution in [0.2, 0.25) is 0 Å². The molecule has 0 bridgehead atoms. The minimum atomic E-state index is 0.197. The number of benzene rings is 1. The number of nitrogens with two attached hydrogens (primary N) is 1. The van der Waals surface area contributed by atoms with E-state index >= 15 is 0 Å². The summed E-state index contributed by atoms with van der Waals surface area (Å²) in [5, 5.41) is 11.1. The highest BCUT2D eigenvalue weighted by atomic mass is 32.1. The van der Waals surface area contributed by atoms with Crippen LogP contribution in [-0.2, 0) is 0 Å². The third-order valence-corrected chi connectivity index (χ3v) is 4.19. The van der Waals surface area contributed by atoms with Crippen molar-refractivity contribution in [3.63, 3.8) is 0 Å². The van der Waals surface area contributed by atoms with Gasteiger partial charge in [-0.1, -0.05) is 0 Å². The van der Waals surface area contributed by atoms with E-state index in [1.165, 1.54) is 9.75 Å². The molecule has 3 aromatic rings. The van der Waals surface area contributed by atoms with Crippen LogP contribution < -0.4 is 11.1 Å². The third kappa shape index (κ3) is 2.15. The Labute approximate surface area is 114 Å². The Balaban J connectivity index is 1.93. The van der Waals surface area contributed by atoms with Crippen molar-refractivity contribution in [1.29, 1.82) is 0 Å². The number of anilines is 2. The van der Waals surface area contributed by atoms with Gasteiger partial charge in [0.1, 0.15) is 0 Å². The van der Waals surface area contributed by atoms with Gasteiger partial charge in [-0.2, -0.15) is 0 Å². The van der Waals surface area contributed by atoms with E-state index in [4.69, 9.17) is 10.4 Å². The number of nitrogens with one attached hydrogen (secondary N) is 1. The van der Waals surface area contributed by atoms with Crippen LogP contribution in [0.25, 0.3) is 11.0 Å². The lowest BCUT2D eigenvalue weighted by molar-refractivity contribution is 0.315. The summed E-state index contributed by atoms with van der Waals surface area (Å²) >= 11 is 1.78. The van der Waals surface area contributed by atoms with Crippen molar-refractivity contribution in [2.75, 3.05) is 11.1 Å². The average Bonchev–Trinajstić information content (AvgIpc) is 3.01. The summed E-state index contributed by atoms with van der Waals surface area (Å²) in [5.41, 5.74) is 8.54. The third-order valence-electron chi connectivity index (χ3n) is 3.01. The second kappa shape index (κ2) is 4.55. The van der Waals surface area contributed by atoms with Gasteiger partial charge in [0.25, 0.3) is 0 Å². The van der Waals surface area contributed by atoms with E-state index in [0.29, 0.717) is 16.7 Å². The molecule has 0 radical (unpaired) electrons. The van der Waals surface area contributed by atoms with Crippen molar-refractivity contribution in [3.8, 4) is 0 Å². The Hall–Kier alpha value is -2.08.